The van der Waals surface area contributed by atoms with Crippen molar-refractivity contribution in [2.75, 3.05) is 40.3 Å². The number of nitrogens with zero attached hydrogens (tertiary/aromatic N) is 3. The summed E-state index contributed by atoms with van der Waals surface area (Å²) < 4.78 is 5.57. The number of ether oxygens (including phenoxy) is 1. The maximum Gasteiger partial charge on any atom is 0.259 e. The van der Waals surface area contributed by atoms with Crippen LogP contribution in [0.3, 0.4) is 0 Å². The molecule has 2 heterocycles. The third-order valence-corrected chi connectivity index (χ3v) is 6.36. The summed E-state index contributed by atoms with van der Waals surface area (Å²) in [5.74, 6) is 1.14. The van der Waals surface area contributed by atoms with Gasteiger partial charge >= 0.3 is 0 Å². The molecule has 3 aliphatic rings. The monoisotopic (exact) mass is 385 g/mol. The molecule has 28 heavy (non-hydrogen) atoms. The van der Waals surface area contributed by atoms with Crippen molar-refractivity contribution in [3.8, 4) is 5.75 Å². The van der Waals surface area contributed by atoms with Gasteiger partial charge in [0.05, 0.1) is 0 Å². The van der Waals surface area contributed by atoms with Crippen LogP contribution in [0.15, 0.2) is 24.3 Å². The summed E-state index contributed by atoms with van der Waals surface area (Å²) in [6.07, 6.45) is 6.28. The lowest BCUT2D eigenvalue weighted by Gasteiger charge is -2.47. The zero-order valence-corrected chi connectivity index (χ0v) is 17.0. The van der Waals surface area contributed by atoms with Crippen LogP contribution in [0.5, 0.6) is 5.75 Å². The molecule has 0 radical (unpaired) electrons. The van der Waals surface area contributed by atoms with Crippen molar-refractivity contribution in [2.24, 2.45) is 5.92 Å². The van der Waals surface area contributed by atoms with E-state index < -0.39 is 0 Å². The molecule has 2 aliphatic heterocycles. The van der Waals surface area contributed by atoms with Crippen LogP contribution < -0.4 is 4.74 Å². The highest BCUT2D eigenvalue weighted by Gasteiger charge is 2.42. The fourth-order valence-corrected chi connectivity index (χ4v) is 4.66. The molecule has 2 saturated heterocycles. The Hall–Kier alpha value is -2.08. The number of carbonyl (C=O) groups is 2. The molecule has 2 atom stereocenters. The Bertz CT molecular complexity index is 731. The predicted octanol–water partition coefficient (Wildman–Crippen LogP) is 2.24. The highest BCUT2D eigenvalue weighted by atomic mass is 16.5. The quantitative estimate of drug-likeness (QED) is 0.780. The molecule has 6 heteroatoms. The minimum absolute atomic E-state index is 0.0187. The van der Waals surface area contributed by atoms with E-state index in [1.165, 1.54) is 37.1 Å². The Labute approximate surface area is 167 Å². The van der Waals surface area contributed by atoms with E-state index >= 15 is 0 Å². The first-order valence-electron chi connectivity index (χ1n) is 10.5. The summed E-state index contributed by atoms with van der Waals surface area (Å²) in [4.78, 5) is 31.0. The first-order valence-corrected chi connectivity index (χ1v) is 10.5. The van der Waals surface area contributed by atoms with Gasteiger partial charge in [0.15, 0.2) is 6.61 Å². The molecule has 0 bridgehead atoms. The standard InChI is InChI=1S/C22H31N3O3/c1-23(2)21(26)15-28-19-7-3-5-16(13-19)22(27)24-12-10-20-17(14-24)6-4-11-25(20)18-8-9-18/h3,5,7,13,17-18,20H,4,6,8-12,14-15H2,1-2H3. The van der Waals surface area contributed by atoms with Gasteiger partial charge < -0.3 is 14.5 Å². The summed E-state index contributed by atoms with van der Waals surface area (Å²) in [6, 6.07) is 8.69. The minimum Gasteiger partial charge on any atom is -0.484 e. The van der Waals surface area contributed by atoms with Crippen LogP contribution in [0, 0.1) is 5.92 Å². The smallest absolute Gasteiger partial charge is 0.259 e. The Morgan fingerprint density at radius 2 is 1.96 bits per heavy atom. The van der Waals surface area contributed by atoms with Crippen LogP contribution in [0.25, 0.3) is 0 Å². The summed E-state index contributed by atoms with van der Waals surface area (Å²) in [5.41, 5.74) is 0.642. The van der Waals surface area contributed by atoms with Crippen LogP contribution >= 0.6 is 0 Å². The molecule has 1 aliphatic carbocycles. The second-order valence-electron chi connectivity index (χ2n) is 8.58. The van der Waals surface area contributed by atoms with Crippen molar-refractivity contribution in [1.82, 2.24) is 14.7 Å². The molecule has 0 N–H and O–H groups in total. The fourth-order valence-electron chi connectivity index (χ4n) is 4.66. The molecule has 2 unspecified atom stereocenters. The molecule has 1 aromatic carbocycles. The second-order valence-corrected chi connectivity index (χ2v) is 8.58. The number of rotatable bonds is 5. The second kappa shape index (κ2) is 8.11. The number of likely N-dealkylation sites (N-methyl/N-ethyl adjacent to an activating group) is 1. The average Bonchev–Trinajstić information content (AvgIpc) is 3.56. The van der Waals surface area contributed by atoms with Gasteiger partial charge in [-0.05, 0) is 62.8 Å². The van der Waals surface area contributed by atoms with E-state index in [-0.39, 0.29) is 18.4 Å². The van der Waals surface area contributed by atoms with Crippen LogP contribution in [-0.2, 0) is 4.79 Å². The maximum absolute atomic E-state index is 13.1. The van der Waals surface area contributed by atoms with Crippen LogP contribution in [0.2, 0.25) is 0 Å². The number of piperidine rings is 2. The van der Waals surface area contributed by atoms with Crippen LogP contribution in [-0.4, -0.2) is 78.9 Å². The average molecular weight is 386 g/mol. The highest BCUT2D eigenvalue weighted by molar-refractivity contribution is 5.94. The first-order chi connectivity index (χ1) is 13.5. The number of carbonyl (C=O) groups excluding carboxylic acids is 2. The summed E-state index contributed by atoms with van der Waals surface area (Å²) >= 11 is 0. The van der Waals surface area contributed by atoms with Gasteiger partial charge in [-0.15, -0.1) is 0 Å². The Morgan fingerprint density at radius 3 is 2.71 bits per heavy atom. The number of amides is 2. The van der Waals surface area contributed by atoms with Crippen molar-refractivity contribution >= 4 is 11.8 Å². The molecular weight excluding hydrogens is 354 g/mol. The van der Waals surface area contributed by atoms with E-state index in [4.69, 9.17) is 4.74 Å². The number of hydrogen-bond donors (Lipinski definition) is 0. The normalized spacial score (nSPS) is 25.1. The molecule has 6 nitrogen and oxygen atoms in total. The van der Waals surface area contributed by atoms with Gasteiger partial charge in [0.25, 0.3) is 11.8 Å². The number of fused-ring (bicyclic) bond motifs is 1. The van der Waals surface area contributed by atoms with Gasteiger partial charge in [-0.2, -0.15) is 0 Å². The molecule has 1 saturated carbocycles. The first kappa shape index (κ1) is 19.2. The van der Waals surface area contributed by atoms with Crippen molar-refractivity contribution in [2.45, 2.75) is 44.2 Å². The van der Waals surface area contributed by atoms with E-state index in [9.17, 15) is 9.59 Å². The fraction of sp³-hybridized carbons (Fsp3) is 0.636. The number of likely N-dealkylation sites (tertiary alicyclic amines) is 2. The van der Waals surface area contributed by atoms with Crippen molar-refractivity contribution < 1.29 is 14.3 Å². The Morgan fingerprint density at radius 1 is 1.14 bits per heavy atom. The third kappa shape index (κ3) is 4.17. The van der Waals surface area contributed by atoms with Gasteiger partial charge in [-0.3, -0.25) is 14.5 Å². The van der Waals surface area contributed by atoms with E-state index in [1.54, 1.807) is 26.2 Å². The number of hydrogen-bond acceptors (Lipinski definition) is 4. The SMILES string of the molecule is CN(C)C(=O)COc1cccc(C(=O)N2CCC3C(CCCN3C3CC3)C2)c1. The minimum atomic E-state index is -0.101. The van der Waals surface area contributed by atoms with Crippen molar-refractivity contribution in [1.29, 1.82) is 0 Å². The molecule has 1 aromatic rings. The van der Waals surface area contributed by atoms with E-state index in [1.807, 2.05) is 17.0 Å². The molecular formula is C22H31N3O3. The van der Waals surface area contributed by atoms with Crippen molar-refractivity contribution in [3.63, 3.8) is 0 Å². The molecule has 0 spiro atoms. The lowest BCUT2D eigenvalue weighted by molar-refractivity contribution is -0.130. The lowest BCUT2D eigenvalue weighted by atomic mass is 9.83. The Kier molecular flexibility index (Phi) is 5.58. The molecule has 0 aromatic heterocycles. The summed E-state index contributed by atoms with van der Waals surface area (Å²) in [7, 11) is 3.40. The molecule has 2 amide bonds. The van der Waals surface area contributed by atoms with E-state index in [0.717, 1.165) is 25.6 Å². The highest BCUT2D eigenvalue weighted by Crippen LogP contribution is 2.38. The summed E-state index contributed by atoms with van der Waals surface area (Å²) in [6.45, 7) is 2.91. The molecule has 152 valence electrons. The van der Waals surface area contributed by atoms with E-state index in [0.29, 0.717) is 23.3 Å². The van der Waals surface area contributed by atoms with Gasteiger partial charge in [0.1, 0.15) is 5.75 Å². The number of benzene rings is 1. The largest absolute Gasteiger partial charge is 0.484 e. The van der Waals surface area contributed by atoms with Crippen LogP contribution in [0.1, 0.15) is 42.5 Å². The van der Waals surface area contributed by atoms with Crippen LogP contribution in [0.4, 0.5) is 0 Å². The van der Waals surface area contributed by atoms with Gasteiger partial charge in [0.2, 0.25) is 0 Å². The topological polar surface area (TPSA) is 53.1 Å². The lowest BCUT2D eigenvalue weighted by Crippen LogP contribution is -2.55. The zero-order valence-electron chi connectivity index (χ0n) is 17.0. The summed E-state index contributed by atoms with van der Waals surface area (Å²) in [5, 5.41) is 0. The van der Waals surface area contributed by atoms with Gasteiger partial charge in [-0.25, -0.2) is 0 Å². The third-order valence-electron chi connectivity index (χ3n) is 6.36. The Balaban J connectivity index is 1.38. The molecule has 3 fully saturated rings. The predicted molar refractivity (Wildman–Crippen MR) is 107 cm³/mol. The van der Waals surface area contributed by atoms with Gasteiger partial charge in [-0.1, -0.05) is 6.07 Å². The van der Waals surface area contributed by atoms with Gasteiger partial charge in [0, 0.05) is 44.8 Å². The maximum atomic E-state index is 13.1. The van der Waals surface area contributed by atoms with E-state index in [2.05, 4.69) is 4.90 Å². The van der Waals surface area contributed by atoms with Crippen molar-refractivity contribution in [3.05, 3.63) is 29.8 Å². The zero-order chi connectivity index (χ0) is 19.7. The molecule has 4 rings (SSSR count).